The zero-order valence-electron chi connectivity index (χ0n) is 11.0. The first-order chi connectivity index (χ1) is 10.2. The number of thioether (sulfide) groups is 1. The molecule has 1 aromatic heterocycles. The van der Waals surface area contributed by atoms with Gasteiger partial charge in [0.15, 0.2) is 0 Å². The fourth-order valence-corrected chi connectivity index (χ4v) is 2.62. The minimum Gasteiger partial charge on any atom is -0.398 e. The van der Waals surface area contributed by atoms with Gasteiger partial charge in [0.25, 0.3) is 0 Å². The van der Waals surface area contributed by atoms with E-state index in [1.165, 1.54) is 23.9 Å². The lowest BCUT2D eigenvalue weighted by atomic mass is 10.2. The highest BCUT2D eigenvalue weighted by atomic mass is 32.2. The van der Waals surface area contributed by atoms with E-state index < -0.39 is 0 Å². The molecular weight excluding hydrogens is 289 g/mol. The van der Waals surface area contributed by atoms with Crippen LogP contribution in [0.25, 0.3) is 11.4 Å². The first-order valence-electron chi connectivity index (χ1n) is 6.28. The van der Waals surface area contributed by atoms with Gasteiger partial charge in [-0.15, -0.1) is 11.8 Å². The molecule has 0 amide bonds. The number of hydrogen-bond donors (Lipinski definition) is 1. The van der Waals surface area contributed by atoms with E-state index in [0.717, 1.165) is 5.56 Å². The van der Waals surface area contributed by atoms with Gasteiger partial charge in [-0.3, -0.25) is 0 Å². The molecule has 0 aliphatic heterocycles. The Morgan fingerprint density at radius 1 is 1.14 bits per heavy atom. The first-order valence-corrected chi connectivity index (χ1v) is 7.27. The molecule has 2 aromatic carbocycles. The van der Waals surface area contributed by atoms with Crippen LogP contribution < -0.4 is 5.73 Å². The molecule has 0 atom stereocenters. The van der Waals surface area contributed by atoms with Crippen LogP contribution in [0.5, 0.6) is 0 Å². The first kappa shape index (κ1) is 13.6. The lowest BCUT2D eigenvalue weighted by Crippen LogP contribution is -1.90. The molecule has 0 saturated heterocycles. The average Bonchev–Trinajstić information content (AvgIpc) is 2.98. The van der Waals surface area contributed by atoms with Crippen LogP contribution in [0.4, 0.5) is 10.1 Å². The van der Waals surface area contributed by atoms with E-state index in [9.17, 15) is 4.39 Å². The zero-order chi connectivity index (χ0) is 14.7. The van der Waals surface area contributed by atoms with Crippen molar-refractivity contribution in [2.24, 2.45) is 0 Å². The van der Waals surface area contributed by atoms with Crippen LogP contribution in [0.3, 0.4) is 0 Å². The maximum Gasteiger partial charge on any atom is 0.237 e. The van der Waals surface area contributed by atoms with Gasteiger partial charge in [0.05, 0.1) is 5.75 Å². The van der Waals surface area contributed by atoms with E-state index in [2.05, 4.69) is 10.1 Å². The van der Waals surface area contributed by atoms with E-state index in [4.69, 9.17) is 10.3 Å². The molecule has 3 aromatic rings. The van der Waals surface area contributed by atoms with E-state index in [1.807, 2.05) is 30.3 Å². The van der Waals surface area contributed by atoms with Gasteiger partial charge in [0.2, 0.25) is 11.7 Å². The summed E-state index contributed by atoms with van der Waals surface area (Å²) in [7, 11) is 0. The summed E-state index contributed by atoms with van der Waals surface area (Å²) in [5.74, 6) is 1.14. The van der Waals surface area contributed by atoms with Crippen molar-refractivity contribution < 1.29 is 8.91 Å². The summed E-state index contributed by atoms with van der Waals surface area (Å²) in [6.45, 7) is 0. The number of nitrogen functional groups attached to an aromatic ring is 1. The van der Waals surface area contributed by atoms with Gasteiger partial charge in [-0.25, -0.2) is 4.39 Å². The molecule has 3 rings (SSSR count). The van der Waals surface area contributed by atoms with E-state index in [0.29, 0.717) is 28.1 Å². The van der Waals surface area contributed by atoms with Gasteiger partial charge in [-0.05, 0) is 18.2 Å². The second kappa shape index (κ2) is 5.97. The predicted molar refractivity (Wildman–Crippen MR) is 80.1 cm³/mol. The quantitative estimate of drug-likeness (QED) is 0.587. The van der Waals surface area contributed by atoms with Crippen molar-refractivity contribution in [3.05, 3.63) is 60.2 Å². The number of nitrogens with zero attached hydrogens (tertiary/aromatic N) is 2. The van der Waals surface area contributed by atoms with Crippen molar-refractivity contribution >= 4 is 17.4 Å². The largest absolute Gasteiger partial charge is 0.398 e. The maximum absolute atomic E-state index is 13.2. The van der Waals surface area contributed by atoms with Crippen molar-refractivity contribution in [3.8, 4) is 11.4 Å². The molecule has 0 unspecified atom stereocenters. The monoisotopic (exact) mass is 301 g/mol. The van der Waals surface area contributed by atoms with Crippen LogP contribution in [0.1, 0.15) is 5.89 Å². The molecule has 0 fully saturated rings. The third kappa shape index (κ3) is 3.22. The minimum atomic E-state index is -0.317. The Hall–Kier alpha value is -2.34. The van der Waals surface area contributed by atoms with Crippen LogP contribution >= 0.6 is 11.8 Å². The van der Waals surface area contributed by atoms with Gasteiger partial charge in [0, 0.05) is 16.1 Å². The lowest BCUT2D eigenvalue weighted by Gasteiger charge is -2.02. The highest BCUT2D eigenvalue weighted by Crippen LogP contribution is 2.28. The summed E-state index contributed by atoms with van der Waals surface area (Å²) in [5, 5.41) is 3.93. The summed E-state index contributed by atoms with van der Waals surface area (Å²) >= 11 is 1.36. The van der Waals surface area contributed by atoms with Gasteiger partial charge >= 0.3 is 0 Å². The number of hydrogen-bond acceptors (Lipinski definition) is 5. The van der Waals surface area contributed by atoms with Gasteiger partial charge in [-0.2, -0.15) is 4.98 Å². The van der Waals surface area contributed by atoms with Gasteiger partial charge < -0.3 is 10.3 Å². The number of rotatable bonds is 4. The zero-order valence-corrected chi connectivity index (χ0v) is 11.8. The SMILES string of the molecule is Nc1ccc(F)cc1SCc1nc(-c2ccccc2)no1. The molecule has 0 aliphatic rings. The standard InChI is InChI=1S/C15H12FN3OS/c16-11-6-7-12(17)13(8-11)21-9-14-18-15(19-20-14)10-4-2-1-3-5-10/h1-8H,9,17H2. The molecule has 106 valence electrons. The maximum atomic E-state index is 13.2. The van der Waals surface area contributed by atoms with Crippen molar-refractivity contribution in [1.29, 1.82) is 0 Å². The molecule has 4 nitrogen and oxygen atoms in total. The van der Waals surface area contributed by atoms with Crippen LogP contribution in [-0.4, -0.2) is 10.1 Å². The number of aromatic nitrogens is 2. The highest BCUT2D eigenvalue weighted by Gasteiger charge is 2.10. The molecule has 6 heteroatoms. The van der Waals surface area contributed by atoms with Crippen molar-refractivity contribution in [2.75, 3.05) is 5.73 Å². The highest BCUT2D eigenvalue weighted by molar-refractivity contribution is 7.98. The summed E-state index contributed by atoms with van der Waals surface area (Å²) < 4.78 is 18.4. The fourth-order valence-electron chi connectivity index (χ4n) is 1.79. The lowest BCUT2D eigenvalue weighted by molar-refractivity contribution is 0.391. The summed E-state index contributed by atoms with van der Waals surface area (Å²) in [4.78, 5) is 4.98. The van der Waals surface area contributed by atoms with Crippen molar-refractivity contribution in [2.45, 2.75) is 10.6 Å². The smallest absolute Gasteiger partial charge is 0.237 e. The topological polar surface area (TPSA) is 64.9 Å². The van der Waals surface area contributed by atoms with E-state index in [-0.39, 0.29) is 5.82 Å². The molecule has 0 spiro atoms. The number of nitrogens with two attached hydrogens (primary N) is 1. The Morgan fingerprint density at radius 2 is 1.95 bits per heavy atom. The summed E-state index contributed by atoms with van der Waals surface area (Å²) in [6, 6.07) is 13.8. The Kier molecular flexibility index (Phi) is 3.87. The second-order valence-corrected chi connectivity index (χ2v) is 5.37. The van der Waals surface area contributed by atoms with E-state index >= 15 is 0 Å². The van der Waals surface area contributed by atoms with Crippen LogP contribution in [0, 0.1) is 5.82 Å². The third-order valence-electron chi connectivity index (χ3n) is 2.83. The second-order valence-electron chi connectivity index (χ2n) is 4.35. The Balaban J connectivity index is 1.72. The molecular formula is C15H12FN3OS. The minimum absolute atomic E-state index is 0.317. The van der Waals surface area contributed by atoms with Crippen molar-refractivity contribution in [1.82, 2.24) is 10.1 Å². The average molecular weight is 301 g/mol. The molecule has 1 heterocycles. The van der Waals surface area contributed by atoms with Crippen LogP contribution in [-0.2, 0) is 5.75 Å². The predicted octanol–water partition coefficient (Wildman–Crippen LogP) is 3.75. The number of benzene rings is 2. The molecule has 2 N–H and O–H groups in total. The summed E-state index contributed by atoms with van der Waals surface area (Å²) in [6.07, 6.45) is 0. The summed E-state index contributed by atoms with van der Waals surface area (Å²) in [5.41, 5.74) is 7.22. The molecule has 21 heavy (non-hydrogen) atoms. The third-order valence-corrected chi connectivity index (χ3v) is 3.88. The Labute approximate surface area is 125 Å². The van der Waals surface area contributed by atoms with Gasteiger partial charge in [-0.1, -0.05) is 35.5 Å². The Bertz CT molecular complexity index is 746. The number of halogens is 1. The number of anilines is 1. The molecule has 0 radical (unpaired) electrons. The van der Waals surface area contributed by atoms with Crippen LogP contribution in [0.2, 0.25) is 0 Å². The normalized spacial score (nSPS) is 10.7. The van der Waals surface area contributed by atoms with E-state index in [1.54, 1.807) is 6.07 Å². The van der Waals surface area contributed by atoms with Crippen molar-refractivity contribution in [3.63, 3.8) is 0 Å². The molecule has 0 bridgehead atoms. The molecule has 0 aliphatic carbocycles. The van der Waals surface area contributed by atoms with Crippen LogP contribution in [0.15, 0.2) is 57.9 Å². The fraction of sp³-hybridized carbons (Fsp3) is 0.0667. The van der Waals surface area contributed by atoms with Gasteiger partial charge in [0.1, 0.15) is 5.82 Å². The Morgan fingerprint density at radius 3 is 2.76 bits per heavy atom. The molecule has 0 saturated carbocycles.